The number of piperidine rings is 1. The molecule has 2 N–H and O–H groups in total. The van der Waals surface area contributed by atoms with Gasteiger partial charge in [0.2, 0.25) is 5.91 Å². The monoisotopic (exact) mass is 393 g/mol. The van der Waals surface area contributed by atoms with Crippen molar-refractivity contribution < 1.29 is 9.59 Å². The number of anilines is 2. The van der Waals surface area contributed by atoms with Crippen LogP contribution in [0.1, 0.15) is 12.8 Å². The number of amides is 3. The molecule has 0 atom stereocenters. The van der Waals surface area contributed by atoms with Gasteiger partial charge in [-0.05, 0) is 25.0 Å². The smallest absolute Gasteiger partial charge is 0.321 e. The van der Waals surface area contributed by atoms with Crippen molar-refractivity contribution in [2.75, 3.05) is 23.7 Å². The van der Waals surface area contributed by atoms with Crippen molar-refractivity contribution in [1.29, 1.82) is 0 Å². The number of carbonyl (C=O) groups is 2. The van der Waals surface area contributed by atoms with E-state index < -0.39 is 0 Å². The van der Waals surface area contributed by atoms with Crippen LogP contribution in [-0.4, -0.2) is 59.6 Å². The molecule has 11 nitrogen and oxygen atoms in total. The molecule has 0 aromatic carbocycles. The van der Waals surface area contributed by atoms with Crippen molar-refractivity contribution in [2.45, 2.75) is 12.8 Å². The standard InChI is InChI=1S/C18H19N9O2/c28-17(25-15-10-19-5-6-21-15)13-3-7-26(8-4-13)18(29)24-14-1-2-16(22-9-14)27-12-20-11-23-27/h1-2,5-6,9-13H,3-4,7-8H2,(H,24,29)(H,21,25,28). The van der Waals surface area contributed by atoms with E-state index in [9.17, 15) is 9.59 Å². The van der Waals surface area contributed by atoms with Gasteiger partial charge in [0.25, 0.3) is 0 Å². The Balaban J connectivity index is 1.27. The maximum Gasteiger partial charge on any atom is 0.321 e. The van der Waals surface area contributed by atoms with E-state index in [1.165, 1.54) is 23.4 Å². The van der Waals surface area contributed by atoms with Crippen LogP contribution in [0.2, 0.25) is 0 Å². The molecule has 1 fully saturated rings. The van der Waals surface area contributed by atoms with Crippen LogP contribution < -0.4 is 10.6 Å². The highest BCUT2D eigenvalue weighted by Gasteiger charge is 2.27. The number of nitrogens with one attached hydrogen (secondary N) is 2. The number of nitrogens with zero attached hydrogens (tertiary/aromatic N) is 7. The predicted molar refractivity (Wildman–Crippen MR) is 103 cm³/mol. The van der Waals surface area contributed by atoms with Crippen LogP contribution >= 0.6 is 0 Å². The lowest BCUT2D eigenvalue weighted by atomic mass is 9.96. The summed E-state index contributed by atoms with van der Waals surface area (Å²) in [5.41, 5.74) is 0.585. The lowest BCUT2D eigenvalue weighted by molar-refractivity contribution is -0.121. The van der Waals surface area contributed by atoms with E-state index in [2.05, 4.69) is 35.7 Å². The zero-order chi connectivity index (χ0) is 20.1. The first-order valence-electron chi connectivity index (χ1n) is 9.13. The molecule has 0 radical (unpaired) electrons. The lowest BCUT2D eigenvalue weighted by Gasteiger charge is -2.31. The molecule has 148 valence electrons. The molecule has 1 saturated heterocycles. The maximum atomic E-state index is 12.5. The van der Waals surface area contributed by atoms with Gasteiger partial charge in [0, 0.05) is 31.4 Å². The van der Waals surface area contributed by atoms with Crippen molar-refractivity contribution in [2.24, 2.45) is 5.92 Å². The van der Waals surface area contributed by atoms with Gasteiger partial charge in [-0.15, -0.1) is 0 Å². The van der Waals surface area contributed by atoms with Crippen LogP contribution in [0.3, 0.4) is 0 Å². The van der Waals surface area contributed by atoms with Gasteiger partial charge in [-0.3, -0.25) is 9.78 Å². The molecular weight excluding hydrogens is 374 g/mol. The highest BCUT2D eigenvalue weighted by molar-refractivity contribution is 5.92. The summed E-state index contributed by atoms with van der Waals surface area (Å²) in [6.07, 6.45) is 10.3. The van der Waals surface area contributed by atoms with E-state index in [1.54, 1.807) is 35.8 Å². The third-order valence-electron chi connectivity index (χ3n) is 4.62. The quantitative estimate of drug-likeness (QED) is 0.684. The van der Waals surface area contributed by atoms with Crippen molar-refractivity contribution >= 4 is 23.4 Å². The molecule has 4 heterocycles. The van der Waals surface area contributed by atoms with E-state index >= 15 is 0 Å². The number of urea groups is 1. The highest BCUT2D eigenvalue weighted by atomic mass is 16.2. The summed E-state index contributed by atoms with van der Waals surface area (Å²) >= 11 is 0. The van der Waals surface area contributed by atoms with Gasteiger partial charge < -0.3 is 15.5 Å². The SMILES string of the molecule is O=C(Nc1cnccn1)C1CCN(C(=O)Nc2ccc(-n3cncn3)nc2)CC1. The predicted octanol–water partition coefficient (Wildman–Crippen LogP) is 1.33. The molecule has 3 amide bonds. The van der Waals surface area contributed by atoms with E-state index in [1.807, 2.05) is 0 Å². The van der Waals surface area contributed by atoms with Crippen LogP contribution in [0, 0.1) is 5.92 Å². The average Bonchev–Trinajstić information content (AvgIpc) is 3.30. The van der Waals surface area contributed by atoms with E-state index in [-0.39, 0.29) is 17.9 Å². The summed E-state index contributed by atoms with van der Waals surface area (Å²) in [4.78, 5) is 42.6. The number of aromatic nitrogens is 6. The molecular formula is C18H19N9O2. The van der Waals surface area contributed by atoms with Crippen molar-refractivity contribution in [1.82, 2.24) is 34.6 Å². The van der Waals surface area contributed by atoms with Gasteiger partial charge in [-0.2, -0.15) is 5.10 Å². The molecule has 0 bridgehead atoms. The zero-order valence-electron chi connectivity index (χ0n) is 15.5. The molecule has 0 aliphatic carbocycles. The second-order valence-corrected chi connectivity index (χ2v) is 6.52. The first kappa shape index (κ1) is 18.5. The first-order chi connectivity index (χ1) is 14.2. The summed E-state index contributed by atoms with van der Waals surface area (Å²) in [7, 11) is 0. The van der Waals surface area contributed by atoms with E-state index in [0.717, 1.165) is 0 Å². The van der Waals surface area contributed by atoms with Crippen LogP contribution in [0.5, 0.6) is 0 Å². The molecule has 11 heteroatoms. The van der Waals surface area contributed by atoms with Crippen LogP contribution in [0.25, 0.3) is 5.82 Å². The fourth-order valence-corrected chi connectivity index (χ4v) is 3.06. The Hall–Kier alpha value is -3.89. The second-order valence-electron chi connectivity index (χ2n) is 6.52. The Morgan fingerprint density at radius 3 is 2.52 bits per heavy atom. The Kier molecular flexibility index (Phi) is 5.36. The van der Waals surface area contributed by atoms with Crippen molar-refractivity contribution in [3.63, 3.8) is 0 Å². The Bertz CT molecular complexity index is 953. The minimum atomic E-state index is -0.215. The Labute approximate surface area is 166 Å². The summed E-state index contributed by atoms with van der Waals surface area (Å²) in [5, 5.41) is 9.59. The highest BCUT2D eigenvalue weighted by Crippen LogP contribution is 2.20. The molecule has 1 aliphatic heterocycles. The zero-order valence-corrected chi connectivity index (χ0v) is 15.5. The van der Waals surface area contributed by atoms with Crippen LogP contribution in [-0.2, 0) is 4.79 Å². The Morgan fingerprint density at radius 2 is 1.86 bits per heavy atom. The number of hydrogen-bond donors (Lipinski definition) is 2. The average molecular weight is 393 g/mol. The molecule has 3 aromatic rings. The van der Waals surface area contributed by atoms with Gasteiger partial charge in [-0.25, -0.2) is 24.4 Å². The van der Waals surface area contributed by atoms with Gasteiger partial charge in [-0.1, -0.05) is 0 Å². The minimum absolute atomic E-state index is 0.0986. The molecule has 1 aliphatic rings. The van der Waals surface area contributed by atoms with Crippen LogP contribution in [0.4, 0.5) is 16.3 Å². The number of rotatable bonds is 4. The van der Waals surface area contributed by atoms with Gasteiger partial charge in [0.05, 0.1) is 18.1 Å². The third-order valence-corrected chi connectivity index (χ3v) is 4.62. The van der Waals surface area contributed by atoms with E-state index in [4.69, 9.17) is 0 Å². The third kappa shape index (κ3) is 4.51. The Morgan fingerprint density at radius 1 is 1.00 bits per heavy atom. The number of carbonyl (C=O) groups excluding carboxylic acids is 2. The summed E-state index contributed by atoms with van der Waals surface area (Å²) < 4.78 is 1.53. The largest absolute Gasteiger partial charge is 0.324 e. The molecule has 4 rings (SSSR count). The van der Waals surface area contributed by atoms with Crippen LogP contribution in [0.15, 0.2) is 49.6 Å². The molecule has 29 heavy (non-hydrogen) atoms. The first-order valence-corrected chi connectivity index (χ1v) is 9.13. The van der Waals surface area contributed by atoms with Gasteiger partial charge in [0.15, 0.2) is 11.6 Å². The fourth-order valence-electron chi connectivity index (χ4n) is 3.06. The number of pyridine rings is 1. The minimum Gasteiger partial charge on any atom is -0.324 e. The fraction of sp³-hybridized carbons (Fsp3) is 0.278. The topological polar surface area (TPSA) is 131 Å². The van der Waals surface area contributed by atoms with E-state index in [0.29, 0.717) is 43.3 Å². The van der Waals surface area contributed by atoms with Gasteiger partial charge in [0.1, 0.15) is 12.7 Å². The normalized spacial score (nSPS) is 14.4. The maximum absolute atomic E-state index is 12.5. The van der Waals surface area contributed by atoms with Crippen molar-refractivity contribution in [3.8, 4) is 5.82 Å². The van der Waals surface area contributed by atoms with Crippen molar-refractivity contribution in [3.05, 3.63) is 49.6 Å². The molecule has 0 saturated carbocycles. The summed E-state index contributed by atoms with van der Waals surface area (Å²) in [6, 6.07) is 3.28. The summed E-state index contributed by atoms with van der Waals surface area (Å²) in [6.45, 7) is 0.990. The molecule has 0 unspecified atom stereocenters. The molecule has 3 aromatic heterocycles. The molecule has 0 spiro atoms. The van der Waals surface area contributed by atoms with Gasteiger partial charge >= 0.3 is 6.03 Å². The number of hydrogen-bond acceptors (Lipinski definition) is 7. The summed E-state index contributed by atoms with van der Waals surface area (Å²) in [5.74, 6) is 0.776. The number of likely N-dealkylation sites (tertiary alicyclic amines) is 1. The second kappa shape index (κ2) is 8.42. The lowest BCUT2D eigenvalue weighted by Crippen LogP contribution is -2.43.